The standard InChI is InChI=1S/C18H25N5O2/c1-18(2,3)17(25)19-11-15(24)22-9-6-7-13(12-22)16-21-20-14-8-4-5-10-23(14)16/h4-5,8,10,13H,6-7,9,11-12H2,1-3H3,(H,19,25). The Labute approximate surface area is 147 Å². The first-order valence-corrected chi connectivity index (χ1v) is 8.72. The zero-order valence-electron chi connectivity index (χ0n) is 15.0. The number of rotatable bonds is 3. The largest absolute Gasteiger partial charge is 0.347 e. The van der Waals surface area contributed by atoms with E-state index in [1.807, 2.05) is 54.5 Å². The second-order valence-corrected chi connectivity index (χ2v) is 7.60. The quantitative estimate of drug-likeness (QED) is 0.918. The van der Waals surface area contributed by atoms with Gasteiger partial charge in [-0.25, -0.2) is 0 Å². The molecule has 134 valence electrons. The zero-order chi connectivity index (χ0) is 18.0. The van der Waals surface area contributed by atoms with E-state index in [0.29, 0.717) is 6.54 Å². The summed E-state index contributed by atoms with van der Waals surface area (Å²) >= 11 is 0. The smallest absolute Gasteiger partial charge is 0.241 e. The highest BCUT2D eigenvalue weighted by Crippen LogP contribution is 2.26. The molecule has 0 radical (unpaired) electrons. The van der Waals surface area contributed by atoms with Gasteiger partial charge in [-0.1, -0.05) is 26.8 Å². The lowest BCUT2D eigenvalue weighted by Gasteiger charge is -2.32. The van der Waals surface area contributed by atoms with Crippen molar-refractivity contribution in [2.45, 2.75) is 39.5 Å². The molecule has 7 heteroatoms. The van der Waals surface area contributed by atoms with Crippen LogP contribution in [-0.4, -0.2) is 50.9 Å². The lowest BCUT2D eigenvalue weighted by molar-refractivity contribution is -0.136. The molecule has 1 aliphatic heterocycles. The molecule has 1 saturated heterocycles. The molecule has 0 saturated carbocycles. The summed E-state index contributed by atoms with van der Waals surface area (Å²) in [6.07, 6.45) is 3.86. The van der Waals surface area contributed by atoms with Crippen LogP contribution in [0.25, 0.3) is 5.65 Å². The first-order valence-electron chi connectivity index (χ1n) is 8.72. The van der Waals surface area contributed by atoms with Gasteiger partial charge in [0.25, 0.3) is 0 Å². The Bertz CT molecular complexity index is 777. The summed E-state index contributed by atoms with van der Waals surface area (Å²) in [5.74, 6) is 0.897. The van der Waals surface area contributed by atoms with Gasteiger partial charge in [-0.15, -0.1) is 10.2 Å². The molecule has 1 unspecified atom stereocenters. The SMILES string of the molecule is CC(C)(C)C(=O)NCC(=O)N1CCCC(c2nnc3ccccn23)C1. The van der Waals surface area contributed by atoms with Gasteiger partial charge in [0, 0.05) is 30.6 Å². The number of nitrogens with zero attached hydrogens (tertiary/aromatic N) is 4. The van der Waals surface area contributed by atoms with Gasteiger partial charge in [0.2, 0.25) is 11.8 Å². The van der Waals surface area contributed by atoms with E-state index in [1.54, 1.807) is 0 Å². The van der Waals surface area contributed by atoms with Gasteiger partial charge in [0.05, 0.1) is 6.54 Å². The number of piperidine rings is 1. The Hall–Kier alpha value is -2.44. The molecule has 1 aliphatic rings. The lowest BCUT2D eigenvalue weighted by atomic mass is 9.95. The number of nitrogens with one attached hydrogen (secondary N) is 1. The summed E-state index contributed by atoms with van der Waals surface area (Å²) in [5.41, 5.74) is 0.323. The van der Waals surface area contributed by atoms with Crippen molar-refractivity contribution >= 4 is 17.5 Å². The van der Waals surface area contributed by atoms with Gasteiger partial charge in [-0.05, 0) is 25.0 Å². The molecule has 2 aromatic rings. The highest BCUT2D eigenvalue weighted by molar-refractivity contribution is 5.87. The molecule has 0 spiro atoms. The average Bonchev–Trinajstić information content (AvgIpc) is 3.02. The van der Waals surface area contributed by atoms with Crippen LogP contribution in [0.5, 0.6) is 0 Å². The molecule has 3 heterocycles. The molecular formula is C18H25N5O2. The van der Waals surface area contributed by atoms with E-state index in [-0.39, 0.29) is 24.3 Å². The van der Waals surface area contributed by atoms with E-state index in [1.165, 1.54) is 0 Å². The minimum atomic E-state index is -0.495. The topological polar surface area (TPSA) is 79.6 Å². The fraction of sp³-hybridized carbons (Fsp3) is 0.556. The maximum atomic E-state index is 12.5. The molecular weight excluding hydrogens is 318 g/mol. The zero-order valence-corrected chi connectivity index (χ0v) is 15.0. The molecule has 3 rings (SSSR count). The predicted molar refractivity (Wildman–Crippen MR) is 94.0 cm³/mol. The van der Waals surface area contributed by atoms with Crippen LogP contribution in [0, 0.1) is 5.41 Å². The Morgan fingerprint density at radius 2 is 2.08 bits per heavy atom. The number of hydrogen-bond acceptors (Lipinski definition) is 4. The fourth-order valence-electron chi connectivity index (χ4n) is 3.09. The molecule has 2 amide bonds. The summed E-state index contributed by atoms with van der Waals surface area (Å²) in [6.45, 7) is 6.88. The predicted octanol–water partition coefficient (Wildman–Crippen LogP) is 1.60. The highest BCUT2D eigenvalue weighted by atomic mass is 16.2. The third kappa shape index (κ3) is 3.81. The van der Waals surface area contributed by atoms with E-state index in [2.05, 4.69) is 15.5 Å². The Kier molecular flexibility index (Phi) is 4.74. The highest BCUT2D eigenvalue weighted by Gasteiger charge is 2.28. The van der Waals surface area contributed by atoms with Crippen LogP contribution in [0.2, 0.25) is 0 Å². The molecule has 7 nitrogen and oxygen atoms in total. The molecule has 0 bridgehead atoms. The Morgan fingerprint density at radius 3 is 2.84 bits per heavy atom. The van der Waals surface area contributed by atoms with E-state index < -0.39 is 5.41 Å². The summed E-state index contributed by atoms with van der Waals surface area (Å²) in [5, 5.41) is 11.3. The van der Waals surface area contributed by atoms with Gasteiger partial charge in [0.15, 0.2) is 5.65 Å². The second-order valence-electron chi connectivity index (χ2n) is 7.60. The number of amides is 2. The molecule has 0 aromatic carbocycles. The third-order valence-electron chi connectivity index (χ3n) is 4.56. The van der Waals surface area contributed by atoms with Gasteiger partial charge in [-0.2, -0.15) is 0 Å². The Morgan fingerprint density at radius 1 is 1.28 bits per heavy atom. The van der Waals surface area contributed by atoms with E-state index in [4.69, 9.17) is 0 Å². The summed E-state index contributed by atoms with van der Waals surface area (Å²) in [6, 6.07) is 5.81. The second kappa shape index (κ2) is 6.82. The summed E-state index contributed by atoms with van der Waals surface area (Å²) in [7, 11) is 0. The van der Waals surface area contributed by atoms with Crippen molar-refractivity contribution in [3.05, 3.63) is 30.2 Å². The minimum Gasteiger partial charge on any atom is -0.347 e. The molecule has 1 N–H and O–H groups in total. The number of carbonyl (C=O) groups is 2. The molecule has 0 aliphatic carbocycles. The number of likely N-dealkylation sites (tertiary alicyclic amines) is 1. The van der Waals surface area contributed by atoms with Crippen LogP contribution >= 0.6 is 0 Å². The van der Waals surface area contributed by atoms with Crippen LogP contribution in [0.15, 0.2) is 24.4 Å². The van der Waals surface area contributed by atoms with E-state index in [9.17, 15) is 9.59 Å². The van der Waals surface area contributed by atoms with Gasteiger partial charge >= 0.3 is 0 Å². The number of hydrogen-bond donors (Lipinski definition) is 1. The van der Waals surface area contributed by atoms with Crippen LogP contribution in [0.1, 0.15) is 45.4 Å². The molecule has 2 aromatic heterocycles. The minimum absolute atomic E-state index is 0.0450. The van der Waals surface area contributed by atoms with Crippen molar-refractivity contribution in [2.75, 3.05) is 19.6 Å². The number of fused-ring (bicyclic) bond motifs is 1. The van der Waals surface area contributed by atoms with Crippen molar-refractivity contribution in [3.8, 4) is 0 Å². The van der Waals surface area contributed by atoms with Gasteiger partial charge in [0.1, 0.15) is 5.82 Å². The van der Waals surface area contributed by atoms with E-state index in [0.717, 1.165) is 30.9 Å². The summed E-state index contributed by atoms with van der Waals surface area (Å²) < 4.78 is 1.99. The third-order valence-corrected chi connectivity index (χ3v) is 4.56. The first-order chi connectivity index (χ1) is 11.9. The maximum absolute atomic E-state index is 12.5. The number of carbonyl (C=O) groups excluding carboxylic acids is 2. The van der Waals surface area contributed by atoms with Crippen molar-refractivity contribution in [1.82, 2.24) is 24.8 Å². The van der Waals surface area contributed by atoms with E-state index >= 15 is 0 Å². The maximum Gasteiger partial charge on any atom is 0.241 e. The average molecular weight is 343 g/mol. The number of pyridine rings is 1. The molecule has 1 atom stereocenters. The normalized spacial score (nSPS) is 18.4. The Balaban J connectivity index is 1.65. The number of aromatic nitrogens is 3. The first kappa shape index (κ1) is 17.4. The molecule has 25 heavy (non-hydrogen) atoms. The fourth-order valence-corrected chi connectivity index (χ4v) is 3.09. The van der Waals surface area contributed by atoms with Crippen molar-refractivity contribution < 1.29 is 9.59 Å². The van der Waals surface area contributed by atoms with Crippen molar-refractivity contribution in [2.24, 2.45) is 5.41 Å². The van der Waals surface area contributed by atoms with Crippen LogP contribution in [0.4, 0.5) is 0 Å². The van der Waals surface area contributed by atoms with Crippen molar-refractivity contribution in [1.29, 1.82) is 0 Å². The van der Waals surface area contributed by atoms with Crippen molar-refractivity contribution in [3.63, 3.8) is 0 Å². The summed E-state index contributed by atoms with van der Waals surface area (Å²) in [4.78, 5) is 26.2. The van der Waals surface area contributed by atoms with Crippen LogP contribution < -0.4 is 5.32 Å². The monoisotopic (exact) mass is 343 g/mol. The van der Waals surface area contributed by atoms with Crippen LogP contribution in [0.3, 0.4) is 0 Å². The van der Waals surface area contributed by atoms with Gasteiger partial charge in [-0.3, -0.25) is 14.0 Å². The van der Waals surface area contributed by atoms with Gasteiger partial charge < -0.3 is 10.2 Å². The van der Waals surface area contributed by atoms with Crippen LogP contribution in [-0.2, 0) is 9.59 Å². The molecule has 1 fully saturated rings. The lowest BCUT2D eigenvalue weighted by Crippen LogP contribution is -2.46.